The molecule has 2 N–H and O–H groups in total. The van der Waals surface area contributed by atoms with Crippen molar-refractivity contribution in [3.05, 3.63) is 28.2 Å². The lowest BCUT2D eigenvalue weighted by Gasteiger charge is -2.37. The van der Waals surface area contributed by atoms with Gasteiger partial charge in [0, 0.05) is 28.8 Å². The summed E-state index contributed by atoms with van der Waals surface area (Å²) in [6.45, 7) is 6.77. The van der Waals surface area contributed by atoms with Crippen LogP contribution in [-0.2, 0) is 0 Å². The van der Waals surface area contributed by atoms with Crippen LogP contribution in [0.5, 0.6) is 0 Å². The number of rotatable bonds is 2. The van der Waals surface area contributed by atoms with Gasteiger partial charge < -0.3 is 10.6 Å². The Balaban J connectivity index is 2.38. The summed E-state index contributed by atoms with van der Waals surface area (Å²) in [5.41, 5.74) is 7.99. The zero-order chi connectivity index (χ0) is 13.3. The molecule has 2 unspecified atom stereocenters. The minimum Gasteiger partial charge on any atom is -0.389 e. The number of benzene rings is 1. The van der Waals surface area contributed by atoms with Crippen LogP contribution in [-0.4, -0.2) is 18.1 Å². The van der Waals surface area contributed by atoms with Crippen LogP contribution in [0.1, 0.15) is 25.8 Å². The highest BCUT2D eigenvalue weighted by Gasteiger charge is 2.24. The molecule has 0 saturated carbocycles. The zero-order valence-electron chi connectivity index (χ0n) is 10.8. The summed E-state index contributed by atoms with van der Waals surface area (Å²) < 4.78 is 0.985. The number of piperidine rings is 1. The van der Waals surface area contributed by atoms with Gasteiger partial charge in [-0.3, -0.25) is 0 Å². The maximum atomic E-state index is 5.87. The maximum absolute atomic E-state index is 5.87. The predicted octanol–water partition coefficient (Wildman–Crippen LogP) is 3.57. The molecule has 0 aromatic heterocycles. The highest BCUT2D eigenvalue weighted by molar-refractivity contribution is 9.10. The lowest BCUT2D eigenvalue weighted by atomic mass is 9.91. The van der Waals surface area contributed by atoms with Gasteiger partial charge in [0.15, 0.2) is 0 Å². The van der Waals surface area contributed by atoms with E-state index in [0.29, 0.717) is 16.8 Å². The number of anilines is 1. The summed E-state index contributed by atoms with van der Waals surface area (Å²) in [4.78, 5) is 2.88. The molecule has 0 radical (unpaired) electrons. The van der Waals surface area contributed by atoms with Crippen LogP contribution in [0.25, 0.3) is 0 Å². The lowest BCUT2D eigenvalue weighted by Crippen LogP contribution is -2.39. The van der Waals surface area contributed by atoms with Crippen molar-refractivity contribution in [2.45, 2.75) is 20.3 Å². The number of hydrogen-bond donors (Lipinski definition) is 1. The van der Waals surface area contributed by atoms with Crippen LogP contribution >= 0.6 is 28.1 Å². The second-order valence-electron chi connectivity index (χ2n) is 5.35. The first-order chi connectivity index (χ1) is 8.49. The van der Waals surface area contributed by atoms with Crippen molar-refractivity contribution in [2.24, 2.45) is 17.6 Å². The summed E-state index contributed by atoms with van der Waals surface area (Å²) in [5, 5.41) is 0. The number of thiocarbonyl (C=S) groups is 1. The first-order valence-electron chi connectivity index (χ1n) is 6.32. The van der Waals surface area contributed by atoms with E-state index >= 15 is 0 Å². The molecule has 1 heterocycles. The van der Waals surface area contributed by atoms with Crippen LogP contribution in [0, 0.1) is 11.8 Å². The van der Waals surface area contributed by atoms with Crippen LogP contribution in [0.4, 0.5) is 5.69 Å². The van der Waals surface area contributed by atoms with Crippen LogP contribution in [0.15, 0.2) is 22.7 Å². The Morgan fingerprint density at radius 1 is 1.33 bits per heavy atom. The Morgan fingerprint density at radius 2 is 1.94 bits per heavy atom. The first kappa shape index (κ1) is 13.8. The van der Waals surface area contributed by atoms with Crippen molar-refractivity contribution in [3.8, 4) is 0 Å². The molecule has 1 aliphatic heterocycles. The quantitative estimate of drug-likeness (QED) is 0.842. The van der Waals surface area contributed by atoms with Crippen molar-refractivity contribution >= 4 is 38.8 Å². The van der Waals surface area contributed by atoms with Crippen molar-refractivity contribution in [1.29, 1.82) is 0 Å². The van der Waals surface area contributed by atoms with Crippen LogP contribution in [0.3, 0.4) is 0 Å². The topological polar surface area (TPSA) is 29.3 Å². The second-order valence-corrected chi connectivity index (χ2v) is 6.64. The molecule has 98 valence electrons. The van der Waals surface area contributed by atoms with Gasteiger partial charge in [-0.05, 0) is 46.3 Å². The van der Waals surface area contributed by atoms with E-state index < -0.39 is 0 Å². The monoisotopic (exact) mass is 326 g/mol. The predicted molar refractivity (Wildman–Crippen MR) is 85.2 cm³/mol. The van der Waals surface area contributed by atoms with E-state index in [1.165, 1.54) is 6.42 Å². The van der Waals surface area contributed by atoms with Gasteiger partial charge in [-0.25, -0.2) is 0 Å². The van der Waals surface area contributed by atoms with Crippen LogP contribution in [0.2, 0.25) is 0 Å². The van der Waals surface area contributed by atoms with Gasteiger partial charge in [0.25, 0.3) is 0 Å². The first-order valence-corrected chi connectivity index (χ1v) is 7.52. The molecule has 1 aromatic rings. The minimum atomic E-state index is 0.461. The second kappa shape index (κ2) is 5.57. The SMILES string of the molecule is CC1CC(C)CN(c2cccc(Br)c2C(N)=S)C1. The van der Waals surface area contributed by atoms with Gasteiger partial charge in [-0.15, -0.1) is 0 Å². The van der Waals surface area contributed by atoms with E-state index in [4.69, 9.17) is 18.0 Å². The van der Waals surface area contributed by atoms with Crippen molar-refractivity contribution in [3.63, 3.8) is 0 Å². The van der Waals surface area contributed by atoms with E-state index in [-0.39, 0.29) is 0 Å². The number of halogens is 1. The van der Waals surface area contributed by atoms with Crippen molar-refractivity contribution in [2.75, 3.05) is 18.0 Å². The van der Waals surface area contributed by atoms with Gasteiger partial charge in [-0.2, -0.15) is 0 Å². The van der Waals surface area contributed by atoms with Crippen molar-refractivity contribution in [1.82, 2.24) is 0 Å². The Labute approximate surface area is 123 Å². The molecule has 1 aliphatic rings. The maximum Gasteiger partial charge on any atom is 0.107 e. The molecule has 4 heteroatoms. The van der Waals surface area contributed by atoms with Gasteiger partial charge in [0.1, 0.15) is 4.99 Å². The molecule has 2 nitrogen and oxygen atoms in total. The highest BCUT2D eigenvalue weighted by Crippen LogP contribution is 2.32. The fourth-order valence-corrected chi connectivity index (χ4v) is 3.79. The van der Waals surface area contributed by atoms with E-state index in [9.17, 15) is 0 Å². The molecule has 0 aliphatic carbocycles. The molecule has 0 spiro atoms. The Hall–Kier alpha value is -0.610. The molecule has 1 saturated heterocycles. The fraction of sp³-hybridized carbons (Fsp3) is 0.500. The third-order valence-electron chi connectivity index (χ3n) is 3.45. The normalized spacial score (nSPS) is 24.1. The molecular formula is C14H19BrN2S. The average molecular weight is 327 g/mol. The summed E-state index contributed by atoms with van der Waals surface area (Å²) >= 11 is 8.74. The third kappa shape index (κ3) is 2.86. The van der Waals surface area contributed by atoms with Gasteiger partial charge in [0.05, 0.1) is 0 Å². The molecule has 2 atom stereocenters. The van der Waals surface area contributed by atoms with Gasteiger partial charge in [-0.1, -0.05) is 32.1 Å². The van der Waals surface area contributed by atoms with E-state index in [0.717, 1.165) is 28.8 Å². The standard InChI is InChI=1S/C14H19BrN2S/c1-9-6-10(2)8-17(7-9)12-5-3-4-11(15)13(12)14(16)18/h3-5,9-10H,6-8H2,1-2H3,(H2,16,18). The smallest absolute Gasteiger partial charge is 0.107 e. The number of nitrogens with zero attached hydrogens (tertiary/aromatic N) is 1. The van der Waals surface area contributed by atoms with Crippen LogP contribution < -0.4 is 10.6 Å². The zero-order valence-corrected chi connectivity index (χ0v) is 13.2. The lowest BCUT2D eigenvalue weighted by molar-refractivity contribution is 0.357. The van der Waals surface area contributed by atoms with E-state index in [2.05, 4.69) is 40.7 Å². The molecule has 2 rings (SSSR count). The fourth-order valence-electron chi connectivity index (χ4n) is 2.88. The average Bonchev–Trinajstić information content (AvgIpc) is 2.26. The van der Waals surface area contributed by atoms with E-state index in [1.807, 2.05) is 12.1 Å². The molecular weight excluding hydrogens is 308 g/mol. The minimum absolute atomic E-state index is 0.461. The molecule has 0 amide bonds. The van der Waals surface area contributed by atoms with Gasteiger partial charge >= 0.3 is 0 Å². The Bertz CT molecular complexity index is 451. The third-order valence-corrected chi connectivity index (χ3v) is 4.31. The number of nitrogens with two attached hydrogens (primary N) is 1. The number of hydrogen-bond acceptors (Lipinski definition) is 2. The van der Waals surface area contributed by atoms with Crippen molar-refractivity contribution < 1.29 is 0 Å². The Morgan fingerprint density at radius 3 is 2.50 bits per heavy atom. The summed E-state index contributed by atoms with van der Waals surface area (Å²) in [6, 6.07) is 6.16. The summed E-state index contributed by atoms with van der Waals surface area (Å²) in [5.74, 6) is 1.43. The molecule has 18 heavy (non-hydrogen) atoms. The summed E-state index contributed by atoms with van der Waals surface area (Å²) in [7, 11) is 0. The van der Waals surface area contributed by atoms with Gasteiger partial charge in [0.2, 0.25) is 0 Å². The Kier molecular flexibility index (Phi) is 4.28. The largest absolute Gasteiger partial charge is 0.389 e. The highest BCUT2D eigenvalue weighted by atomic mass is 79.9. The molecule has 0 bridgehead atoms. The van der Waals surface area contributed by atoms with E-state index in [1.54, 1.807) is 0 Å². The summed E-state index contributed by atoms with van der Waals surface area (Å²) in [6.07, 6.45) is 1.30. The molecule has 1 fully saturated rings. The molecule has 1 aromatic carbocycles.